The monoisotopic (exact) mass is 281 g/mol. The molecule has 1 aromatic rings. The molecule has 2 unspecified atom stereocenters. The van der Waals surface area contributed by atoms with Gasteiger partial charge in [-0.3, -0.25) is 0 Å². The van der Waals surface area contributed by atoms with Crippen molar-refractivity contribution in [3.05, 3.63) is 35.1 Å². The van der Waals surface area contributed by atoms with Crippen LogP contribution in [0.1, 0.15) is 38.8 Å². The van der Waals surface area contributed by atoms with Crippen molar-refractivity contribution in [1.82, 2.24) is 5.32 Å². The zero-order chi connectivity index (χ0) is 15.3. The maximum absolute atomic E-state index is 13.4. The van der Waals surface area contributed by atoms with Gasteiger partial charge >= 0.3 is 0 Å². The Hall–Kier alpha value is -0.930. The summed E-state index contributed by atoms with van der Waals surface area (Å²) in [5, 5.41) is 3.34. The van der Waals surface area contributed by atoms with E-state index in [2.05, 4.69) is 26.1 Å². The Morgan fingerprint density at radius 1 is 1.30 bits per heavy atom. The predicted octanol–water partition coefficient (Wildman–Crippen LogP) is 3.72. The molecule has 0 bridgehead atoms. The fraction of sp³-hybridized carbons (Fsp3) is 0.647. The lowest BCUT2D eigenvalue weighted by Crippen LogP contribution is -2.48. The smallest absolute Gasteiger partial charge is 0.123 e. The van der Waals surface area contributed by atoms with Crippen LogP contribution in [0.3, 0.4) is 0 Å². The number of aryl methyl sites for hydroxylation is 1. The fourth-order valence-electron chi connectivity index (χ4n) is 2.61. The van der Waals surface area contributed by atoms with Crippen molar-refractivity contribution in [2.75, 3.05) is 13.7 Å². The van der Waals surface area contributed by atoms with Gasteiger partial charge in [0.05, 0.1) is 6.10 Å². The third-order valence-electron chi connectivity index (χ3n) is 3.69. The molecule has 20 heavy (non-hydrogen) atoms. The highest BCUT2D eigenvalue weighted by Gasteiger charge is 2.32. The second kappa shape index (κ2) is 7.19. The van der Waals surface area contributed by atoms with Crippen LogP contribution >= 0.6 is 0 Å². The molecule has 0 aliphatic heterocycles. The molecule has 0 saturated heterocycles. The van der Waals surface area contributed by atoms with Crippen molar-refractivity contribution >= 4 is 0 Å². The minimum atomic E-state index is -0.177. The Bertz CT molecular complexity index is 425. The summed E-state index contributed by atoms with van der Waals surface area (Å²) in [4.78, 5) is 0. The van der Waals surface area contributed by atoms with Gasteiger partial charge in [-0.05, 0) is 56.0 Å². The fourth-order valence-corrected chi connectivity index (χ4v) is 2.61. The van der Waals surface area contributed by atoms with E-state index in [1.165, 1.54) is 6.07 Å². The van der Waals surface area contributed by atoms with E-state index in [1.54, 1.807) is 6.07 Å². The van der Waals surface area contributed by atoms with Crippen molar-refractivity contribution in [2.24, 2.45) is 5.41 Å². The van der Waals surface area contributed by atoms with E-state index in [0.29, 0.717) is 6.61 Å². The third-order valence-corrected chi connectivity index (χ3v) is 3.69. The second-order valence-corrected chi connectivity index (χ2v) is 6.41. The summed E-state index contributed by atoms with van der Waals surface area (Å²) < 4.78 is 19.4. The molecule has 0 aromatic heterocycles. The van der Waals surface area contributed by atoms with Crippen molar-refractivity contribution in [1.29, 1.82) is 0 Å². The summed E-state index contributed by atoms with van der Waals surface area (Å²) in [7, 11) is 1.94. The molecule has 1 N–H and O–H groups in total. The zero-order valence-electron chi connectivity index (χ0n) is 13.6. The number of halogens is 1. The lowest BCUT2D eigenvalue weighted by molar-refractivity contribution is -0.0340. The summed E-state index contributed by atoms with van der Waals surface area (Å²) in [6.45, 7) is 11.2. The number of likely N-dealkylation sites (N-methyl/N-ethyl adjacent to an activating group) is 1. The average Bonchev–Trinajstić information content (AvgIpc) is 2.36. The van der Waals surface area contributed by atoms with E-state index in [0.717, 1.165) is 17.5 Å². The maximum atomic E-state index is 13.4. The molecule has 0 saturated carbocycles. The number of hydrogen-bond donors (Lipinski definition) is 1. The molecule has 0 aliphatic rings. The summed E-state index contributed by atoms with van der Waals surface area (Å²) in [6.07, 6.45) is 0.849. The van der Waals surface area contributed by atoms with Crippen LogP contribution < -0.4 is 5.32 Å². The molecule has 2 atom stereocenters. The van der Waals surface area contributed by atoms with Crippen LogP contribution in [0.2, 0.25) is 0 Å². The first-order valence-corrected chi connectivity index (χ1v) is 7.33. The molecule has 3 heteroatoms. The average molecular weight is 281 g/mol. The van der Waals surface area contributed by atoms with Crippen LogP contribution in [0.15, 0.2) is 18.2 Å². The van der Waals surface area contributed by atoms with E-state index in [-0.39, 0.29) is 23.4 Å². The summed E-state index contributed by atoms with van der Waals surface area (Å²) >= 11 is 0. The number of rotatable bonds is 6. The molecule has 0 radical (unpaired) electrons. The van der Waals surface area contributed by atoms with Crippen LogP contribution in [-0.2, 0) is 11.2 Å². The molecule has 114 valence electrons. The molecule has 1 aromatic carbocycles. The van der Waals surface area contributed by atoms with Crippen molar-refractivity contribution in [3.63, 3.8) is 0 Å². The molecule has 1 rings (SSSR count). The first-order chi connectivity index (χ1) is 9.29. The molecule has 0 fully saturated rings. The van der Waals surface area contributed by atoms with Gasteiger partial charge in [-0.1, -0.05) is 26.8 Å². The van der Waals surface area contributed by atoms with Gasteiger partial charge in [0, 0.05) is 12.6 Å². The molecule has 0 aliphatic carbocycles. The molecular weight excluding hydrogens is 253 g/mol. The first-order valence-electron chi connectivity index (χ1n) is 7.33. The molecule has 0 heterocycles. The van der Waals surface area contributed by atoms with Gasteiger partial charge in [-0.25, -0.2) is 4.39 Å². The summed E-state index contributed by atoms with van der Waals surface area (Å²) in [6, 6.07) is 5.14. The van der Waals surface area contributed by atoms with E-state index >= 15 is 0 Å². The predicted molar refractivity (Wildman–Crippen MR) is 82.6 cm³/mol. The third kappa shape index (κ3) is 4.57. The molecule has 0 spiro atoms. The van der Waals surface area contributed by atoms with Crippen LogP contribution in [0.25, 0.3) is 0 Å². The topological polar surface area (TPSA) is 21.3 Å². The zero-order valence-corrected chi connectivity index (χ0v) is 13.6. The minimum Gasteiger partial charge on any atom is -0.376 e. The summed E-state index contributed by atoms with van der Waals surface area (Å²) in [5.41, 5.74) is 2.19. The molecule has 2 nitrogen and oxygen atoms in total. The second-order valence-electron chi connectivity index (χ2n) is 6.41. The molecular formula is C17H28FNO. The highest BCUT2D eigenvalue weighted by molar-refractivity contribution is 5.27. The van der Waals surface area contributed by atoms with Crippen molar-refractivity contribution in [3.8, 4) is 0 Å². The van der Waals surface area contributed by atoms with Crippen LogP contribution in [0.4, 0.5) is 4.39 Å². The lowest BCUT2D eigenvalue weighted by atomic mass is 9.82. The quantitative estimate of drug-likeness (QED) is 0.858. The summed E-state index contributed by atoms with van der Waals surface area (Å²) in [5.74, 6) is -0.177. The van der Waals surface area contributed by atoms with Crippen LogP contribution in [0, 0.1) is 18.2 Å². The van der Waals surface area contributed by atoms with E-state index in [4.69, 9.17) is 4.74 Å². The molecule has 0 amide bonds. The Morgan fingerprint density at radius 3 is 2.45 bits per heavy atom. The van der Waals surface area contributed by atoms with Crippen LogP contribution in [-0.4, -0.2) is 25.8 Å². The van der Waals surface area contributed by atoms with Crippen LogP contribution in [0.5, 0.6) is 0 Å². The first kappa shape index (κ1) is 17.1. The van der Waals surface area contributed by atoms with E-state index in [1.807, 2.05) is 27.0 Å². The lowest BCUT2D eigenvalue weighted by Gasteiger charge is -2.37. The highest BCUT2D eigenvalue weighted by atomic mass is 19.1. The Balaban J connectivity index is 2.97. The van der Waals surface area contributed by atoms with E-state index in [9.17, 15) is 4.39 Å². The maximum Gasteiger partial charge on any atom is 0.123 e. The van der Waals surface area contributed by atoms with Gasteiger partial charge in [0.25, 0.3) is 0 Å². The Labute approximate surface area is 122 Å². The van der Waals surface area contributed by atoms with Crippen molar-refractivity contribution in [2.45, 2.75) is 53.2 Å². The van der Waals surface area contributed by atoms with Gasteiger partial charge in [0.2, 0.25) is 0 Å². The number of nitrogens with one attached hydrogen (secondary N) is 1. The van der Waals surface area contributed by atoms with Gasteiger partial charge in [0.15, 0.2) is 0 Å². The van der Waals surface area contributed by atoms with Crippen molar-refractivity contribution < 1.29 is 9.13 Å². The number of ether oxygens (including phenoxy) is 1. The Morgan fingerprint density at radius 2 is 1.95 bits per heavy atom. The van der Waals surface area contributed by atoms with Gasteiger partial charge in [-0.2, -0.15) is 0 Å². The van der Waals surface area contributed by atoms with E-state index < -0.39 is 0 Å². The largest absolute Gasteiger partial charge is 0.376 e. The normalized spacial score (nSPS) is 15.2. The highest BCUT2D eigenvalue weighted by Crippen LogP contribution is 2.27. The standard InChI is InChI=1S/C17H28FNO/c1-7-20-16(17(3,4)5)15(19-6)11-13-10-14(18)9-8-12(13)2/h8-10,15-16,19H,7,11H2,1-6H3. The van der Waals surface area contributed by atoms with Gasteiger partial charge < -0.3 is 10.1 Å². The number of benzene rings is 1. The number of hydrogen-bond acceptors (Lipinski definition) is 2. The van der Waals surface area contributed by atoms with Gasteiger partial charge in [-0.15, -0.1) is 0 Å². The Kier molecular flexibility index (Phi) is 6.15. The SMILES string of the molecule is CCOC(C(Cc1cc(F)ccc1C)NC)C(C)(C)C. The van der Waals surface area contributed by atoms with Gasteiger partial charge in [0.1, 0.15) is 5.82 Å². The minimum absolute atomic E-state index is 0.0327.